The van der Waals surface area contributed by atoms with E-state index < -0.39 is 0 Å². The van der Waals surface area contributed by atoms with Gasteiger partial charge in [0.1, 0.15) is 11.9 Å². The fourth-order valence-electron chi connectivity index (χ4n) is 2.95. The van der Waals surface area contributed by atoms with Gasteiger partial charge in [-0.1, -0.05) is 51.1 Å². The minimum Gasteiger partial charge on any atom is -0.349 e. The van der Waals surface area contributed by atoms with Crippen LogP contribution in [0.2, 0.25) is 0 Å². The number of nitrogens with one attached hydrogen (secondary N) is 1. The molecule has 1 atom stereocenters. The minimum atomic E-state index is -0.173. The number of amides is 2. The Labute approximate surface area is 164 Å². The molecule has 1 aliphatic heterocycles. The number of carbonyl (C=O) groups is 2. The number of hydrogen-bond acceptors (Lipinski definition) is 4. The number of thioether (sulfide) groups is 1. The molecule has 0 spiro atoms. The van der Waals surface area contributed by atoms with Gasteiger partial charge in [-0.3, -0.25) is 14.6 Å². The predicted octanol–water partition coefficient (Wildman–Crippen LogP) is 3.27. The van der Waals surface area contributed by atoms with E-state index in [0.717, 1.165) is 11.3 Å². The highest BCUT2D eigenvalue weighted by Crippen LogP contribution is 2.38. The van der Waals surface area contributed by atoms with E-state index in [-0.39, 0.29) is 29.1 Å². The van der Waals surface area contributed by atoms with Crippen molar-refractivity contribution in [2.75, 3.05) is 12.3 Å². The zero-order valence-electron chi connectivity index (χ0n) is 15.9. The summed E-state index contributed by atoms with van der Waals surface area (Å²) in [6.07, 6.45) is 1.69. The van der Waals surface area contributed by atoms with Gasteiger partial charge in [-0.15, -0.1) is 11.8 Å². The standard InChI is InChI=1S/C21H25N3O2S/c1-21(2,3)16-9-7-15(8-10-16)20-24(19(26)14-27-20)13-18(25)23-12-17-6-4-5-11-22-17/h4-11,20H,12-14H2,1-3H3,(H,23,25). The first-order valence-electron chi connectivity index (χ1n) is 9.03. The lowest BCUT2D eigenvalue weighted by atomic mass is 9.87. The summed E-state index contributed by atoms with van der Waals surface area (Å²) in [6.45, 7) is 6.94. The maximum atomic E-state index is 12.3. The average molecular weight is 384 g/mol. The molecule has 2 heterocycles. The molecule has 1 aromatic carbocycles. The largest absolute Gasteiger partial charge is 0.349 e. The molecule has 0 aliphatic carbocycles. The van der Waals surface area contributed by atoms with Gasteiger partial charge in [0, 0.05) is 6.20 Å². The van der Waals surface area contributed by atoms with E-state index in [4.69, 9.17) is 0 Å². The van der Waals surface area contributed by atoms with Crippen LogP contribution in [0, 0.1) is 0 Å². The van der Waals surface area contributed by atoms with Crippen LogP contribution in [0.15, 0.2) is 48.7 Å². The van der Waals surface area contributed by atoms with E-state index in [1.165, 1.54) is 5.56 Å². The third kappa shape index (κ3) is 4.89. The van der Waals surface area contributed by atoms with Crippen LogP contribution in [0.25, 0.3) is 0 Å². The van der Waals surface area contributed by atoms with E-state index in [1.54, 1.807) is 22.9 Å². The number of benzene rings is 1. The summed E-state index contributed by atoms with van der Waals surface area (Å²) in [4.78, 5) is 30.5. The lowest BCUT2D eigenvalue weighted by molar-refractivity contribution is -0.133. The molecular weight excluding hydrogens is 358 g/mol. The molecule has 0 bridgehead atoms. The fraction of sp³-hybridized carbons (Fsp3) is 0.381. The van der Waals surface area contributed by atoms with Crippen molar-refractivity contribution < 1.29 is 9.59 Å². The highest BCUT2D eigenvalue weighted by molar-refractivity contribution is 8.00. The number of hydrogen-bond donors (Lipinski definition) is 1. The molecule has 1 unspecified atom stereocenters. The van der Waals surface area contributed by atoms with Crippen molar-refractivity contribution in [1.29, 1.82) is 0 Å². The Morgan fingerprint density at radius 1 is 1.22 bits per heavy atom. The van der Waals surface area contributed by atoms with Crippen LogP contribution in [-0.2, 0) is 21.5 Å². The SMILES string of the molecule is CC(C)(C)c1ccc(C2SCC(=O)N2CC(=O)NCc2ccccn2)cc1. The predicted molar refractivity (Wildman–Crippen MR) is 108 cm³/mol. The summed E-state index contributed by atoms with van der Waals surface area (Å²) >= 11 is 1.57. The number of rotatable bonds is 5. The Kier molecular flexibility index (Phi) is 5.85. The quantitative estimate of drug-likeness (QED) is 0.861. The van der Waals surface area contributed by atoms with Gasteiger partial charge in [0.2, 0.25) is 11.8 Å². The average Bonchev–Trinajstić information content (AvgIpc) is 3.01. The number of aromatic nitrogens is 1. The first kappa shape index (κ1) is 19.4. The van der Waals surface area contributed by atoms with Gasteiger partial charge < -0.3 is 10.2 Å². The Bertz CT molecular complexity index is 800. The van der Waals surface area contributed by atoms with Gasteiger partial charge in [0.25, 0.3) is 0 Å². The molecule has 1 saturated heterocycles. The van der Waals surface area contributed by atoms with Crippen LogP contribution in [0.5, 0.6) is 0 Å². The number of nitrogens with zero attached hydrogens (tertiary/aromatic N) is 2. The van der Waals surface area contributed by atoms with Gasteiger partial charge in [0.15, 0.2) is 0 Å². The summed E-state index contributed by atoms with van der Waals surface area (Å²) in [5.74, 6) is 0.227. The highest BCUT2D eigenvalue weighted by Gasteiger charge is 2.34. The molecule has 1 N–H and O–H groups in total. The number of carbonyl (C=O) groups excluding carboxylic acids is 2. The van der Waals surface area contributed by atoms with Crippen LogP contribution < -0.4 is 5.32 Å². The molecule has 1 fully saturated rings. The van der Waals surface area contributed by atoms with E-state index in [1.807, 2.05) is 18.2 Å². The van der Waals surface area contributed by atoms with Gasteiger partial charge in [-0.2, -0.15) is 0 Å². The molecule has 6 heteroatoms. The second-order valence-electron chi connectivity index (χ2n) is 7.65. The van der Waals surface area contributed by atoms with E-state index >= 15 is 0 Å². The summed E-state index contributed by atoms with van der Waals surface area (Å²) in [7, 11) is 0. The van der Waals surface area contributed by atoms with E-state index in [2.05, 4.69) is 55.3 Å². The highest BCUT2D eigenvalue weighted by atomic mass is 32.2. The first-order chi connectivity index (χ1) is 12.8. The van der Waals surface area contributed by atoms with Crippen molar-refractivity contribution in [3.63, 3.8) is 0 Å². The Morgan fingerprint density at radius 2 is 1.96 bits per heavy atom. The van der Waals surface area contributed by atoms with Gasteiger partial charge in [0.05, 0.1) is 18.0 Å². The molecular formula is C21H25N3O2S. The molecule has 27 heavy (non-hydrogen) atoms. The van der Waals surface area contributed by atoms with Crippen molar-refractivity contribution in [3.8, 4) is 0 Å². The number of pyridine rings is 1. The second-order valence-corrected chi connectivity index (χ2v) is 8.72. The monoisotopic (exact) mass is 383 g/mol. The van der Waals surface area contributed by atoms with Crippen molar-refractivity contribution in [2.24, 2.45) is 0 Å². The van der Waals surface area contributed by atoms with Crippen LogP contribution in [-0.4, -0.2) is 34.0 Å². The van der Waals surface area contributed by atoms with E-state index in [9.17, 15) is 9.59 Å². The molecule has 0 saturated carbocycles. The zero-order chi connectivity index (χ0) is 19.4. The van der Waals surface area contributed by atoms with E-state index in [0.29, 0.717) is 12.3 Å². The van der Waals surface area contributed by atoms with Crippen LogP contribution >= 0.6 is 11.8 Å². The van der Waals surface area contributed by atoms with Crippen molar-refractivity contribution in [3.05, 3.63) is 65.5 Å². The molecule has 0 radical (unpaired) electrons. The van der Waals surface area contributed by atoms with Crippen LogP contribution in [0.1, 0.15) is 43.0 Å². The smallest absolute Gasteiger partial charge is 0.240 e. The molecule has 5 nitrogen and oxygen atoms in total. The third-order valence-electron chi connectivity index (χ3n) is 4.54. The normalized spacial score (nSPS) is 17.2. The summed E-state index contributed by atoms with van der Waals surface area (Å²) in [5.41, 5.74) is 3.18. The van der Waals surface area contributed by atoms with Crippen molar-refractivity contribution in [1.82, 2.24) is 15.2 Å². The lowest BCUT2D eigenvalue weighted by Crippen LogP contribution is -2.39. The third-order valence-corrected chi connectivity index (χ3v) is 5.79. The molecule has 3 rings (SSSR count). The van der Waals surface area contributed by atoms with Crippen molar-refractivity contribution >= 4 is 23.6 Å². The summed E-state index contributed by atoms with van der Waals surface area (Å²) in [5, 5.41) is 2.72. The summed E-state index contributed by atoms with van der Waals surface area (Å²) in [6, 6.07) is 13.9. The van der Waals surface area contributed by atoms with Crippen molar-refractivity contribution in [2.45, 2.75) is 38.1 Å². The molecule has 1 aliphatic rings. The van der Waals surface area contributed by atoms with Gasteiger partial charge in [-0.25, -0.2) is 0 Å². The first-order valence-corrected chi connectivity index (χ1v) is 10.1. The topological polar surface area (TPSA) is 62.3 Å². The lowest BCUT2D eigenvalue weighted by Gasteiger charge is -2.25. The molecule has 1 aromatic heterocycles. The summed E-state index contributed by atoms with van der Waals surface area (Å²) < 4.78 is 0. The molecule has 2 amide bonds. The fourth-order valence-corrected chi connectivity index (χ4v) is 4.14. The molecule has 2 aromatic rings. The zero-order valence-corrected chi connectivity index (χ0v) is 16.8. The maximum absolute atomic E-state index is 12.3. The minimum absolute atomic E-state index is 0.00196. The maximum Gasteiger partial charge on any atom is 0.240 e. The van der Waals surface area contributed by atoms with Gasteiger partial charge in [-0.05, 0) is 28.7 Å². The Morgan fingerprint density at radius 3 is 2.59 bits per heavy atom. The Balaban J connectivity index is 1.64. The second kappa shape index (κ2) is 8.13. The molecule has 142 valence electrons. The van der Waals surface area contributed by atoms with Crippen LogP contribution in [0.4, 0.5) is 0 Å². The van der Waals surface area contributed by atoms with Crippen LogP contribution in [0.3, 0.4) is 0 Å². The Hall–Kier alpha value is -2.34. The van der Waals surface area contributed by atoms with Gasteiger partial charge >= 0.3 is 0 Å².